The van der Waals surface area contributed by atoms with Gasteiger partial charge in [-0.25, -0.2) is 4.57 Å². The molecule has 0 saturated carbocycles. The van der Waals surface area contributed by atoms with Crippen LogP contribution in [0.25, 0.3) is 0 Å². The number of nitrogens with zero attached hydrogens (tertiary/aromatic N) is 2. The highest BCUT2D eigenvalue weighted by atomic mass is 35.5. The first-order valence-electron chi connectivity index (χ1n) is 5.31. The number of aromatic nitrogens is 2. The maximum atomic E-state index is 5.56. The van der Waals surface area contributed by atoms with Crippen LogP contribution in [0.15, 0.2) is 18.7 Å². The van der Waals surface area contributed by atoms with E-state index in [0.717, 1.165) is 16.3 Å². The Kier molecular flexibility index (Phi) is 6.96. The molecule has 1 unspecified atom stereocenters. The molecule has 1 aromatic rings. The Labute approximate surface area is 111 Å². The number of ether oxygens (including phenoxy) is 3. The van der Waals surface area contributed by atoms with Crippen LogP contribution in [0.3, 0.4) is 0 Å². The van der Waals surface area contributed by atoms with Crippen molar-refractivity contribution in [3.05, 3.63) is 18.7 Å². The van der Waals surface area contributed by atoms with Gasteiger partial charge in [-0.15, -0.1) is 0 Å². The molecule has 0 radical (unpaired) electrons. The third kappa shape index (κ3) is 3.08. The maximum Gasteiger partial charge on any atom is 0.353 e. The van der Waals surface area contributed by atoms with E-state index in [-0.39, 0.29) is 18.5 Å². The van der Waals surface area contributed by atoms with Gasteiger partial charge in [0.15, 0.2) is 6.10 Å². The molecule has 1 rings (SSSR count). The molecule has 17 heavy (non-hydrogen) atoms. The Balaban J connectivity index is 0.00000256. The summed E-state index contributed by atoms with van der Waals surface area (Å²) < 4.78 is 20.4. The van der Waals surface area contributed by atoms with E-state index >= 15 is 0 Å². The van der Waals surface area contributed by atoms with Crippen molar-refractivity contribution in [2.75, 3.05) is 21.3 Å². The normalized spacial score (nSPS) is 13.4. The molecule has 0 fully saturated rings. The third-order valence-corrected chi connectivity index (χ3v) is 3.52. The molecule has 100 valence electrons. The minimum Gasteiger partial charge on any atom is -1.00 e. The van der Waals surface area contributed by atoms with E-state index in [0.29, 0.717) is 0 Å². The van der Waals surface area contributed by atoms with Gasteiger partial charge in [0.2, 0.25) is 6.33 Å². The number of hydrogen-bond acceptors (Lipinski definition) is 3. The molecule has 7 heteroatoms. The highest BCUT2D eigenvalue weighted by Gasteiger charge is 2.46. The number of aryl methyl sites for hydroxylation is 1. The van der Waals surface area contributed by atoms with Crippen molar-refractivity contribution in [3.8, 4) is 0 Å². The fraction of sp³-hybridized carbons (Fsp3) is 0.700. The van der Waals surface area contributed by atoms with Gasteiger partial charge in [0.1, 0.15) is 12.4 Å². The largest absolute Gasteiger partial charge is 1.00 e. The second-order valence-corrected chi connectivity index (χ2v) is 4.47. The molecule has 0 amide bonds. The molecule has 0 aliphatic carbocycles. The lowest BCUT2D eigenvalue weighted by atomic mass is 10.3. The topological polar surface area (TPSA) is 36.5 Å². The zero-order valence-corrected chi connectivity index (χ0v) is 13.8. The summed E-state index contributed by atoms with van der Waals surface area (Å²) in [6, 6.07) is 0.931. The number of methoxy groups -OCH3 is 3. The summed E-state index contributed by atoms with van der Waals surface area (Å²) in [5.41, 5.74) is 0. The first-order chi connectivity index (χ1) is 7.64. The first kappa shape index (κ1) is 16.6. The van der Waals surface area contributed by atoms with Gasteiger partial charge >= 0.3 is 5.91 Å². The highest BCUT2D eigenvalue weighted by molar-refractivity contribution is 6.08. The van der Waals surface area contributed by atoms with Crippen LogP contribution in [-0.4, -0.2) is 42.2 Å². The van der Waals surface area contributed by atoms with Crippen molar-refractivity contribution >= 4 is 10.2 Å². The van der Waals surface area contributed by atoms with E-state index in [1.54, 1.807) is 21.3 Å². The predicted octanol–water partition coefficient (Wildman–Crippen LogP) is -3.98. The van der Waals surface area contributed by atoms with E-state index in [4.69, 9.17) is 14.2 Å². The fourth-order valence-corrected chi connectivity index (χ4v) is 2.78. The monoisotopic (exact) mass is 280 g/mol. The van der Waals surface area contributed by atoms with Crippen LogP contribution in [0.1, 0.15) is 0 Å². The molecule has 0 spiro atoms. The Morgan fingerprint density at radius 2 is 1.94 bits per heavy atom. The Morgan fingerprint density at radius 3 is 2.24 bits per heavy atom. The Morgan fingerprint density at radius 1 is 1.35 bits per heavy atom. The fourth-order valence-electron chi connectivity index (χ4n) is 1.93. The first-order valence-corrected chi connectivity index (χ1v) is 6.72. The number of halogens is 1. The molecule has 0 saturated heterocycles. The van der Waals surface area contributed by atoms with Crippen LogP contribution < -0.4 is 17.0 Å². The second kappa shape index (κ2) is 7.12. The second-order valence-electron chi connectivity index (χ2n) is 3.66. The molecule has 0 aromatic carbocycles. The standard InChI is InChI=1S/C10H21N2O3Si.ClH/c1-11-5-6-12(8-11)10(14-3,15-4)9(7-16)13-2;/h5-6,8-9H,7H2,1-4,16H3;1H/q+1;/p-1. The van der Waals surface area contributed by atoms with Gasteiger partial charge in [0.25, 0.3) is 0 Å². The summed E-state index contributed by atoms with van der Waals surface area (Å²) >= 11 is 0. The van der Waals surface area contributed by atoms with Crippen LogP contribution >= 0.6 is 0 Å². The lowest BCUT2D eigenvalue weighted by Crippen LogP contribution is -3.00. The van der Waals surface area contributed by atoms with Crippen LogP contribution in [-0.2, 0) is 27.2 Å². The Bertz CT molecular complexity index is 327. The molecule has 1 atom stereocenters. The molecular weight excluding hydrogens is 260 g/mol. The van der Waals surface area contributed by atoms with E-state index in [2.05, 4.69) is 0 Å². The van der Waals surface area contributed by atoms with E-state index in [9.17, 15) is 0 Å². The summed E-state index contributed by atoms with van der Waals surface area (Å²) in [4.78, 5) is 0. The van der Waals surface area contributed by atoms with Crippen LogP contribution in [0.2, 0.25) is 6.04 Å². The molecule has 1 heterocycles. The summed E-state index contributed by atoms with van der Waals surface area (Å²) in [6.45, 7) is 0. The molecular formula is C10H21ClN2O3Si. The van der Waals surface area contributed by atoms with Crippen LogP contribution in [0.4, 0.5) is 0 Å². The number of imidazole rings is 1. The van der Waals surface area contributed by atoms with Gasteiger partial charge in [-0.1, -0.05) is 0 Å². The zero-order valence-electron chi connectivity index (χ0n) is 11.0. The van der Waals surface area contributed by atoms with Gasteiger partial charge in [-0.3, -0.25) is 0 Å². The third-order valence-electron chi connectivity index (χ3n) is 2.78. The maximum absolute atomic E-state index is 5.56. The van der Waals surface area contributed by atoms with Crippen LogP contribution in [0, 0.1) is 0 Å². The summed E-state index contributed by atoms with van der Waals surface area (Å²) in [6.07, 6.45) is 5.65. The predicted molar refractivity (Wildman–Crippen MR) is 63.1 cm³/mol. The molecule has 0 bridgehead atoms. The molecule has 0 N–H and O–H groups in total. The average molecular weight is 281 g/mol. The van der Waals surface area contributed by atoms with Crippen molar-refractivity contribution in [2.24, 2.45) is 7.05 Å². The van der Waals surface area contributed by atoms with Crippen molar-refractivity contribution < 1.29 is 31.2 Å². The average Bonchev–Trinajstić information content (AvgIpc) is 2.73. The number of rotatable bonds is 6. The highest BCUT2D eigenvalue weighted by Crippen LogP contribution is 2.21. The smallest absolute Gasteiger partial charge is 0.353 e. The van der Waals surface area contributed by atoms with E-state index < -0.39 is 5.91 Å². The lowest BCUT2D eigenvalue weighted by Gasteiger charge is -2.32. The number of hydrogen-bond donors (Lipinski definition) is 0. The van der Waals surface area contributed by atoms with Gasteiger partial charge in [0.05, 0.1) is 7.05 Å². The van der Waals surface area contributed by atoms with Gasteiger partial charge < -0.3 is 26.6 Å². The quantitative estimate of drug-likeness (QED) is 0.303. The van der Waals surface area contributed by atoms with Crippen molar-refractivity contribution in [3.63, 3.8) is 0 Å². The van der Waals surface area contributed by atoms with Gasteiger partial charge in [0, 0.05) is 31.6 Å². The van der Waals surface area contributed by atoms with Crippen LogP contribution in [0.5, 0.6) is 0 Å². The van der Waals surface area contributed by atoms with Crippen molar-refractivity contribution in [2.45, 2.75) is 18.1 Å². The minimum absolute atomic E-state index is 0. The molecule has 1 aromatic heterocycles. The SMILES string of the molecule is COC(C[SiH3])C(OC)(OC)[n+]1ccn(C)c1.[Cl-]. The minimum atomic E-state index is -0.877. The van der Waals surface area contributed by atoms with Gasteiger partial charge in [-0.2, -0.15) is 4.57 Å². The molecule has 5 nitrogen and oxygen atoms in total. The van der Waals surface area contributed by atoms with Crippen molar-refractivity contribution in [1.82, 2.24) is 4.57 Å². The van der Waals surface area contributed by atoms with Gasteiger partial charge in [-0.05, 0) is 6.04 Å². The summed E-state index contributed by atoms with van der Waals surface area (Å²) in [7, 11) is 7.92. The summed E-state index contributed by atoms with van der Waals surface area (Å²) in [5, 5.41) is 0. The van der Waals surface area contributed by atoms with E-state index in [1.165, 1.54) is 0 Å². The molecule has 0 aliphatic rings. The van der Waals surface area contributed by atoms with Crippen molar-refractivity contribution in [1.29, 1.82) is 0 Å². The zero-order chi connectivity index (χ0) is 12.2. The Hall–Kier alpha value is -0.403. The van der Waals surface area contributed by atoms with E-state index in [1.807, 2.05) is 34.9 Å². The lowest BCUT2D eigenvalue weighted by molar-refractivity contribution is -0.862. The summed E-state index contributed by atoms with van der Waals surface area (Å²) in [5.74, 6) is -0.877. The molecule has 0 aliphatic heterocycles.